The van der Waals surface area contributed by atoms with Gasteiger partial charge in [-0.1, -0.05) is 6.07 Å². The maximum absolute atomic E-state index is 10.2. The standard InChI is InChI=1S/C10H10O4.C3H3N3/c1-14-9-6-7(2-4-8(9)11)3-5-10(12)13;1-2-4-6-5-3-1/h2-6,11H,1H3,(H,12,13);1-3H. The number of ether oxygens (including phenoxy) is 1. The molecule has 0 saturated heterocycles. The lowest BCUT2D eigenvalue weighted by molar-refractivity contribution is -0.131. The molecular weight excluding hydrogens is 262 g/mol. The number of phenolic OH excluding ortho intramolecular Hbond substituents is 1. The zero-order valence-corrected chi connectivity index (χ0v) is 10.7. The maximum Gasteiger partial charge on any atom is 0.328 e. The third-order valence-electron chi connectivity index (χ3n) is 2.03. The van der Waals surface area contributed by atoms with Crippen molar-refractivity contribution in [3.8, 4) is 11.5 Å². The van der Waals surface area contributed by atoms with Crippen molar-refractivity contribution < 1.29 is 19.7 Å². The summed E-state index contributed by atoms with van der Waals surface area (Å²) in [5.74, 6) is -0.672. The number of methoxy groups -OCH3 is 1. The van der Waals surface area contributed by atoms with E-state index in [9.17, 15) is 9.90 Å². The van der Waals surface area contributed by atoms with Crippen LogP contribution in [-0.4, -0.2) is 38.7 Å². The Bertz CT molecular complexity index is 546. The van der Waals surface area contributed by atoms with E-state index in [2.05, 4.69) is 15.4 Å². The Morgan fingerprint density at radius 3 is 2.45 bits per heavy atom. The van der Waals surface area contributed by atoms with Crippen LogP contribution in [0.25, 0.3) is 6.08 Å². The molecule has 7 nitrogen and oxygen atoms in total. The Morgan fingerprint density at radius 1 is 1.30 bits per heavy atom. The van der Waals surface area contributed by atoms with Crippen LogP contribution in [0.3, 0.4) is 0 Å². The van der Waals surface area contributed by atoms with Gasteiger partial charge < -0.3 is 14.9 Å². The normalized spacial score (nSPS) is 9.65. The largest absolute Gasteiger partial charge is 0.504 e. The van der Waals surface area contributed by atoms with Gasteiger partial charge in [0.2, 0.25) is 0 Å². The molecule has 0 aliphatic rings. The SMILES string of the molecule is COc1cc(C=CC(=O)O)ccc1O.c1cnnnc1. The van der Waals surface area contributed by atoms with Gasteiger partial charge in [-0.05, 0) is 35.1 Å². The van der Waals surface area contributed by atoms with Crippen molar-refractivity contribution in [3.05, 3.63) is 48.3 Å². The van der Waals surface area contributed by atoms with E-state index in [0.717, 1.165) is 6.08 Å². The number of carboxylic acids is 1. The van der Waals surface area contributed by atoms with E-state index in [1.54, 1.807) is 30.6 Å². The molecule has 1 aromatic carbocycles. The van der Waals surface area contributed by atoms with Crippen LogP contribution in [0.4, 0.5) is 0 Å². The van der Waals surface area contributed by atoms with Crippen molar-refractivity contribution in [1.82, 2.24) is 15.4 Å². The highest BCUT2D eigenvalue weighted by Crippen LogP contribution is 2.26. The van der Waals surface area contributed by atoms with Crippen molar-refractivity contribution in [2.45, 2.75) is 0 Å². The molecule has 0 aliphatic heterocycles. The second-order valence-corrected chi connectivity index (χ2v) is 3.41. The van der Waals surface area contributed by atoms with E-state index in [0.29, 0.717) is 11.3 Å². The molecule has 1 heterocycles. The number of aromatic hydroxyl groups is 1. The van der Waals surface area contributed by atoms with Gasteiger partial charge in [0.25, 0.3) is 0 Å². The number of carbonyl (C=O) groups is 1. The Kier molecular flexibility index (Phi) is 6.19. The number of nitrogens with zero attached hydrogens (tertiary/aromatic N) is 3. The lowest BCUT2D eigenvalue weighted by Gasteiger charge is -2.03. The second-order valence-electron chi connectivity index (χ2n) is 3.41. The molecule has 0 bridgehead atoms. The summed E-state index contributed by atoms with van der Waals surface area (Å²) in [5.41, 5.74) is 0.655. The summed E-state index contributed by atoms with van der Waals surface area (Å²) in [7, 11) is 1.43. The van der Waals surface area contributed by atoms with E-state index in [-0.39, 0.29) is 5.75 Å². The molecule has 2 aromatic rings. The molecule has 2 rings (SSSR count). The molecule has 2 N–H and O–H groups in total. The van der Waals surface area contributed by atoms with Gasteiger partial charge in [-0.2, -0.15) is 0 Å². The summed E-state index contributed by atoms with van der Waals surface area (Å²) in [4.78, 5) is 10.2. The lowest BCUT2D eigenvalue weighted by Crippen LogP contribution is -1.87. The molecule has 0 aliphatic carbocycles. The van der Waals surface area contributed by atoms with Crippen molar-refractivity contribution >= 4 is 12.0 Å². The number of hydrogen-bond acceptors (Lipinski definition) is 6. The Hall–Kier alpha value is -2.96. The van der Waals surface area contributed by atoms with Crippen molar-refractivity contribution in [1.29, 1.82) is 0 Å². The fraction of sp³-hybridized carbons (Fsp3) is 0.0769. The summed E-state index contributed by atoms with van der Waals surface area (Å²) in [5, 5.41) is 27.8. The van der Waals surface area contributed by atoms with Crippen LogP contribution in [0.5, 0.6) is 11.5 Å². The van der Waals surface area contributed by atoms with Crippen LogP contribution >= 0.6 is 0 Å². The first-order valence-electron chi connectivity index (χ1n) is 5.50. The minimum absolute atomic E-state index is 0.0278. The predicted molar refractivity (Wildman–Crippen MR) is 71.2 cm³/mol. The number of hydrogen-bond donors (Lipinski definition) is 2. The van der Waals surface area contributed by atoms with E-state index in [1.807, 2.05) is 0 Å². The van der Waals surface area contributed by atoms with Crippen LogP contribution < -0.4 is 4.74 Å². The van der Waals surface area contributed by atoms with Crippen LogP contribution in [0.1, 0.15) is 5.56 Å². The maximum atomic E-state index is 10.2. The molecule has 0 spiro atoms. The first-order valence-corrected chi connectivity index (χ1v) is 5.50. The van der Waals surface area contributed by atoms with E-state index < -0.39 is 5.97 Å². The Labute approximate surface area is 115 Å². The summed E-state index contributed by atoms with van der Waals surface area (Å²) >= 11 is 0. The first-order chi connectivity index (χ1) is 9.63. The molecule has 0 fully saturated rings. The summed E-state index contributed by atoms with van der Waals surface area (Å²) in [6.45, 7) is 0. The van der Waals surface area contributed by atoms with Gasteiger partial charge in [0.15, 0.2) is 11.5 Å². The molecule has 0 amide bonds. The molecule has 7 heteroatoms. The van der Waals surface area contributed by atoms with Crippen LogP contribution in [0.2, 0.25) is 0 Å². The number of phenols is 1. The van der Waals surface area contributed by atoms with Gasteiger partial charge in [-0.3, -0.25) is 0 Å². The molecule has 0 unspecified atom stereocenters. The van der Waals surface area contributed by atoms with E-state index in [1.165, 1.54) is 19.3 Å². The Balaban J connectivity index is 0.000000276. The van der Waals surface area contributed by atoms with Gasteiger partial charge in [-0.15, -0.1) is 10.2 Å². The lowest BCUT2D eigenvalue weighted by atomic mass is 10.2. The smallest absolute Gasteiger partial charge is 0.328 e. The summed E-state index contributed by atoms with van der Waals surface area (Å²) in [6.07, 6.45) is 5.59. The van der Waals surface area contributed by atoms with E-state index in [4.69, 9.17) is 9.84 Å². The second kappa shape index (κ2) is 8.20. The minimum Gasteiger partial charge on any atom is -0.504 e. The molecular formula is C13H13N3O4. The first kappa shape index (κ1) is 15.1. The summed E-state index contributed by atoms with van der Waals surface area (Å²) in [6, 6.07) is 6.30. The fourth-order valence-corrected chi connectivity index (χ4v) is 1.17. The highest BCUT2D eigenvalue weighted by molar-refractivity contribution is 5.85. The van der Waals surface area contributed by atoms with Crippen molar-refractivity contribution in [2.75, 3.05) is 7.11 Å². The number of carboxylic acid groups (broad SMARTS) is 1. The monoisotopic (exact) mass is 275 g/mol. The number of benzene rings is 1. The minimum atomic E-state index is -1.02. The zero-order valence-electron chi connectivity index (χ0n) is 10.7. The topological polar surface area (TPSA) is 105 Å². The molecule has 104 valence electrons. The highest BCUT2D eigenvalue weighted by atomic mass is 16.5. The quantitative estimate of drug-likeness (QED) is 0.815. The van der Waals surface area contributed by atoms with Gasteiger partial charge in [0, 0.05) is 6.08 Å². The van der Waals surface area contributed by atoms with Crippen molar-refractivity contribution in [3.63, 3.8) is 0 Å². The van der Waals surface area contributed by atoms with Crippen LogP contribution in [-0.2, 0) is 4.79 Å². The third-order valence-corrected chi connectivity index (χ3v) is 2.03. The van der Waals surface area contributed by atoms with Crippen molar-refractivity contribution in [2.24, 2.45) is 0 Å². The molecule has 20 heavy (non-hydrogen) atoms. The van der Waals surface area contributed by atoms with Gasteiger partial charge in [0.1, 0.15) is 0 Å². The fourth-order valence-electron chi connectivity index (χ4n) is 1.17. The Morgan fingerprint density at radius 2 is 2.00 bits per heavy atom. The van der Waals surface area contributed by atoms with Gasteiger partial charge in [-0.25, -0.2) is 4.79 Å². The number of rotatable bonds is 3. The average Bonchev–Trinajstić information content (AvgIpc) is 2.49. The number of aromatic nitrogens is 3. The van der Waals surface area contributed by atoms with Gasteiger partial charge >= 0.3 is 5.97 Å². The summed E-state index contributed by atoms with van der Waals surface area (Å²) < 4.78 is 4.86. The van der Waals surface area contributed by atoms with Crippen LogP contribution in [0, 0.1) is 0 Å². The highest BCUT2D eigenvalue weighted by Gasteiger charge is 2.00. The zero-order chi connectivity index (χ0) is 14.8. The molecule has 1 aromatic heterocycles. The number of aliphatic carboxylic acids is 1. The van der Waals surface area contributed by atoms with Gasteiger partial charge in [0.05, 0.1) is 19.5 Å². The molecule has 0 atom stereocenters. The van der Waals surface area contributed by atoms with Crippen LogP contribution in [0.15, 0.2) is 42.7 Å². The average molecular weight is 275 g/mol. The third kappa shape index (κ3) is 5.58. The molecule has 0 radical (unpaired) electrons. The molecule has 0 saturated carbocycles. The van der Waals surface area contributed by atoms with E-state index >= 15 is 0 Å². The predicted octanol–water partition coefficient (Wildman–Crippen LogP) is 1.37.